The van der Waals surface area contributed by atoms with Gasteiger partial charge in [0.1, 0.15) is 23.7 Å². The fourth-order valence-electron chi connectivity index (χ4n) is 2.27. The molecule has 0 aliphatic rings. The average Bonchev–Trinajstić information content (AvgIpc) is 2.66. The molecule has 122 valence electrons. The minimum atomic E-state index is 0.615. The topological polar surface area (TPSA) is 72.0 Å². The van der Waals surface area contributed by atoms with E-state index in [2.05, 4.69) is 25.6 Å². The quantitative estimate of drug-likeness (QED) is 0.697. The molecule has 0 aliphatic heterocycles. The highest BCUT2D eigenvalue weighted by atomic mass is 16.5. The van der Waals surface area contributed by atoms with Gasteiger partial charge in [0.15, 0.2) is 0 Å². The molecule has 2 N–H and O–H groups in total. The Morgan fingerprint density at radius 1 is 0.875 bits per heavy atom. The standard InChI is InChI=1S/C18H19N5O/c1-24-16-8-3-2-6-14(16)11-20-17-10-18(23-13-22-17)21-12-15-7-4-5-9-19-15/h2-10,13H,11-12H2,1H3,(H2,20,21,22,23). The van der Waals surface area contributed by atoms with Crippen molar-refractivity contribution in [3.8, 4) is 5.75 Å². The van der Waals surface area contributed by atoms with Crippen molar-refractivity contribution < 1.29 is 4.74 Å². The Morgan fingerprint density at radius 2 is 1.62 bits per heavy atom. The summed E-state index contributed by atoms with van der Waals surface area (Å²) in [6.45, 7) is 1.24. The molecular formula is C18H19N5O. The SMILES string of the molecule is COc1ccccc1CNc1cc(NCc2ccccn2)ncn1. The molecule has 0 fully saturated rings. The van der Waals surface area contributed by atoms with E-state index in [1.807, 2.05) is 48.5 Å². The van der Waals surface area contributed by atoms with Crippen molar-refractivity contribution in [2.45, 2.75) is 13.1 Å². The van der Waals surface area contributed by atoms with Crippen LogP contribution in [0.25, 0.3) is 0 Å². The fourth-order valence-corrected chi connectivity index (χ4v) is 2.27. The van der Waals surface area contributed by atoms with Gasteiger partial charge < -0.3 is 15.4 Å². The van der Waals surface area contributed by atoms with Crippen LogP contribution in [0.2, 0.25) is 0 Å². The minimum Gasteiger partial charge on any atom is -0.496 e. The van der Waals surface area contributed by atoms with Crippen LogP contribution in [-0.4, -0.2) is 22.1 Å². The van der Waals surface area contributed by atoms with Crippen LogP contribution in [0.15, 0.2) is 61.1 Å². The second kappa shape index (κ2) is 7.92. The number of ether oxygens (including phenoxy) is 1. The van der Waals surface area contributed by atoms with Crippen LogP contribution < -0.4 is 15.4 Å². The second-order valence-corrected chi connectivity index (χ2v) is 5.13. The third kappa shape index (κ3) is 4.19. The number of benzene rings is 1. The molecule has 0 spiro atoms. The van der Waals surface area contributed by atoms with E-state index >= 15 is 0 Å². The number of anilines is 2. The van der Waals surface area contributed by atoms with E-state index in [9.17, 15) is 0 Å². The maximum atomic E-state index is 5.35. The van der Waals surface area contributed by atoms with Crippen molar-refractivity contribution in [3.05, 3.63) is 72.3 Å². The molecular weight excluding hydrogens is 302 g/mol. The summed E-state index contributed by atoms with van der Waals surface area (Å²) in [5, 5.41) is 6.53. The predicted octanol–water partition coefficient (Wildman–Crippen LogP) is 3.10. The molecule has 24 heavy (non-hydrogen) atoms. The van der Waals surface area contributed by atoms with Gasteiger partial charge in [0.25, 0.3) is 0 Å². The van der Waals surface area contributed by atoms with Gasteiger partial charge in [-0.05, 0) is 18.2 Å². The van der Waals surface area contributed by atoms with E-state index in [4.69, 9.17) is 4.74 Å². The number of nitrogens with one attached hydrogen (secondary N) is 2. The maximum absolute atomic E-state index is 5.35. The Bertz CT molecular complexity index is 779. The number of methoxy groups -OCH3 is 1. The molecule has 0 aliphatic carbocycles. The van der Waals surface area contributed by atoms with Crippen LogP contribution in [0.1, 0.15) is 11.3 Å². The number of rotatable bonds is 7. The number of hydrogen-bond donors (Lipinski definition) is 2. The van der Waals surface area contributed by atoms with Crippen LogP contribution in [-0.2, 0) is 13.1 Å². The number of para-hydroxylation sites is 1. The van der Waals surface area contributed by atoms with E-state index < -0.39 is 0 Å². The maximum Gasteiger partial charge on any atom is 0.131 e. The lowest BCUT2D eigenvalue weighted by Crippen LogP contribution is -2.06. The Balaban J connectivity index is 1.61. The normalized spacial score (nSPS) is 10.2. The highest BCUT2D eigenvalue weighted by molar-refractivity contribution is 5.47. The summed E-state index contributed by atoms with van der Waals surface area (Å²) in [5.41, 5.74) is 2.03. The molecule has 0 amide bonds. The van der Waals surface area contributed by atoms with Crippen molar-refractivity contribution in [1.82, 2.24) is 15.0 Å². The summed E-state index contributed by atoms with van der Waals surface area (Å²) in [5.74, 6) is 2.35. The summed E-state index contributed by atoms with van der Waals surface area (Å²) in [6, 6.07) is 15.6. The minimum absolute atomic E-state index is 0.615. The first kappa shape index (κ1) is 15.7. The summed E-state index contributed by atoms with van der Waals surface area (Å²) in [6.07, 6.45) is 3.31. The summed E-state index contributed by atoms with van der Waals surface area (Å²) >= 11 is 0. The Hall–Kier alpha value is -3.15. The van der Waals surface area contributed by atoms with Gasteiger partial charge in [-0.2, -0.15) is 0 Å². The van der Waals surface area contributed by atoms with Gasteiger partial charge in [0, 0.05) is 24.4 Å². The molecule has 6 heteroatoms. The van der Waals surface area contributed by atoms with Crippen molar-refractivity contribution in [2.24, 2.45) is 0 Å². The van der Waals surface area contributed by atoms with E-state index in [0.717, 1.165) is 28.6 Å². The van der Waals surface area contributed by atoms with Gasteiger partial charge in [-0.15, -0.1) is 0 Å². The molecule has 3 aromatic rings. The zero-order chi connectivity index (χ0) is 16.6. The van der Waals surface area contributed by atoms with Crippen LogP contribution in [0, 0.1) is 0 Å². The van der Waals surface area contributed by atoms with Crippen molar-refractivity contribution in [2.75, 3.05) is 17.7 Å². The largest absolute Gasteiger partial charge is 0.496 e. The molecule has 2 aromatic heterocycles. The molecule has 0 atom stereocenters. The lowest BCUT2D eigenvalue weighted by atomic mass is 10.2. The summed E-state index contributed by atoms with van der Waals surface area (Å²) < 4.78 is 5.35. The van der Waals surface area contributed by atoms with Gasteiger partial charge in [0.05, 0.1) is 19.3 Å². The molecule has 0 unspecified atom stereocenters. The van der Waals surface area contributed by atoms with Crippen molar-refractivity contribution in [1.29, 1.82) is 0 Å². The molecule has 0 saturated heterocycles. The first-order valence-corrected chi connectivity index (χ1v) is 7.67. The van der Waals surface area contributed by atoms with Crippen LogP contribution in [0.4, 0.5) is 11.6 Å². The molecule has 0 saturated carbocycles. The van der Waals surface area contributed by atoms with Gasteiger partial charge >= 0.3 is 0 Å². The molecule has 1 aromatic carbocycles. The monoisotopic (exact) mass is 321 g/mol. The lowest BCUT2D eigenvalue weighted by molar-refractivity contribution is 0.410. The van der Waals surface area contributed by atoms with E-state index in [-0.39, 0.29) is 0 Å². The third-order valence-electron chi connectivity index (χ3n) is 3.50. The predicted molar refractivity (Wildman–Crippen MR) is 93.9 cm³/mol. The Kier molecular flexibility index (Phi) is 5.19. The number of aromatic nitrogens is 3. The van der Waals surface area contributed by atoms with Crippen LogP contribution >= 0.6 is 0 Å². The molecule has 0 bridgehead atoms. The van der Waals surface area contributed by atoms with Gasteiger partial charge in [-0.3, -0.25) is 4.98 Å². The molecule has 6 nitrogen and oxygen atoms in total. The zero-order valence-electron chi connectivity index (χ0n) is 13.4. The smallest absolute Gasteiger partial charge is 0.131 e. The lowest BCUT2D eigenvalue weighted by Gasteiger charge is -2.11. The number of pyridine rings is 1. The van der Waals surface area contributed by atoms with E-state index in [1.165, 1.54) is 6.33 Å². The average molecular weight is 321 g/mol. The van der Waals surface area contributed by atoms with Crippen LogP contribution in [0.3, 0.4) is 0 Å². The number of nitrogens with zero attached hydrogens (tertiary/aromatic N) is 3. The van der Waals surface area contributed by atoms with E-state index in [1.54, 1.807) is 13.3 Å². The van der Waals surface area contributed by atoms with E-state index in [0.29, 0.717) is 13.1 Å². The van der Waals surface area contributed by atoms with Crippen LogP contribution in [0.5, 0.6) is 5.75 Å². The van der Waals surface area contributed by atoms with Gasteiger partial charge in [0.2, 0.25) is 0 Å². The Labute approximate surface area is 141 Å². The Morgan fingerprint density at radius 3 is 2.38 bits per heavy atom. The van der Waals surface area contributed by atoms with Gasteiger partial charge in [-0.1, -0.05) is 24.3 Å². The molecule has 3 rings (SSSR count). The zero-order valence-corrected chi connectivity index (χ0v) is 13.4. The molecule has 0 radical (unpaired) electrons. The first-order chi connectivity index (χ1) is 11.8. The highest BCUT2D eigenvalue weighted by Gasteiger charge is 2.03. The third-order valence-corrected chi connectivity index (χ3v) is 3.50. The van der Waals surface area contributed by atoms with Crippen molar-refractivity contribution >= 4 is 11.6 Å². The summed E-state index contributed by atoms with van der Waals surface area (Å²) in [4.78, 5) is 12.8. The second-order valence-electron chi connectivity index (χ2n) is 5.13. The first-order valence-electron chi connectivity index (χ1n) is 7.67. The van der Waals surface area contributed by atoms with Crippen molar-refractivity contribution in [3.63, 3.8) is 0 Å². The fraction of sp³-hybridized carbons (Fsp3) is 0.167. The highest BCUT2D eigenvalue weighted by Crippen LogP contribution is 2.19. The molecule has 2 heterocycles. The number of hydrogen-bond acceptors (Lipinski definition) is 6. The van der Waals surface area contributed by atoms with Gasteiger partial charge in [-0.25, -0.2) is 9.97 Å². The summed E-state index contributed by atoms with van der Waals surface area (Å²) in [7, 11) is 1.67.